The Kier molecular flexibility index (Phi) is 4.27. The number of nitrogens with one attached hydrogen (secondary N) is 1. The highest BCUT2D eigenvalue weighted by Gasteiger charge is 2.09. The predicted molar refractivity (Wildman–Crippen MR) is 85.4 cm³/mol. The molecule has 0 aliphatic carbocycles. The SMILES string of the molecule is Cc1cccc(C(=O)Nc2cc(Br)c(N)c(Br)c2)c1. The lowest BCUT2D eigenvalue weighted by atomic mass is 10.1. The molecule has 0 aromatic heterocycles. The van der Waals surface area contributed by atoms with Crippen molar-refractivity contribution in [2.24, 2.45) is 0 Å². The Morgan fingerprint density at radius 2 is 1.79 bits per heavy atom. The molecule has 0 aliphatic rings. The van der Waals surface area contributed by atoms with Gasteiger partial charge in [-0.15, -0.1) is 0 Å². The Balaban J connectivity index is 2.24. The number of benzene rings is 2. The summed E-state index contributed by atoms with van der Waals surface area (Å²) >= 11 is 6.70. The van der Waals surface area contributed by atoms with Crippen LogP contribution in [0.3, 0.4) is 0 Å². The Labute approximate surface area is 128 Å². The monoisotopic (exact) mass is 382 g/mol. The molecule has 98 valence electrons. The number of hydrogen-bond donors (Lipinski definition) is 2. The molecular weight excluding hydrogens is 372 g/mol. The van der Waals surface area contributed by atoms with Gasteiger partial charge >= 0.3 is 0 Å². The van der Waals surface area contributed by atoms with Gasteiger partial charge in [-0.25, -0.2) is 0 Å². The first-order chi connectivity index (χ1) is 8.97. The maximum Gasteiger partial charge on any atom is 0.255 e. The molecule has 0 heterocycles. The van der Waals surface area contributed by atoms with E-state index in [1.54, 1.807) is 18.2 Å². The van der Waals surface area contributed by atoms with Crippen molar-refractivity contribution in [2.75, 3.05) is 11.1 Å². The lowest BCUT2D eigenvalue weighted by Crippen LogP contribution is -2.12. The molecule has 3 N–H and O–H groups in total. The average molecular weight is 384 g/mol. The summed E-state index contributed by atoms with van der Waals surface area (Å²) in [5.41, 5.74) is 8.77. The van der Waals surface area contributed by atoms with E-state index in [0.29, 0.717) is 16.9 Å². The number of rotatable bonds is 2. The zero-order valence-corrected chi connectivity index (χ0v) is 13.4. The lowest BCUT2D eigenvalue weighted by molar-refractivity contribution is 0.102. The Morgan fingerprint density at radius 3 is 2.37 bits per heavy atom. The zero-order chi connectivity index (χ0) is 14.0. The number of anilines is 2. The van der Waals surface area contributed by atoms with E-state index < -0.39 is 0 Å². The van der Waals surface area contributed by atoms with Gasteiger partial charge in [0.05, 0.1) is 5.69 Å². The van der Waals surface area contributed by atoms with Crippen molar-refractivity contribution in [2.45, 2.75) is 6.92 Å². The molecule has 0 saturated carbocycles. The van der Waals surface area contributed by atoms with Gasteiger partial charge in [0.25, 0.3) is 5.91 Å². The minimum atomic E-state index is -0.146. The summed E-state index contributed by atoms with van der Waals surface area (Å²) in [5.74, 6) is -0.146. The van der Waals surface area contributed by atoms with Crippen LogP contribution >= 0.6 is 31.9 Å². The number of hydrogen-bond acceptors (Lipinski definition) is 2. The van der Waals surface area contributed by atoms with Gasteiger partial charge in [-0.1, -0.05) is 17.7 Å². The van der Waals surface area contributed by atoms with E-state index in [0.717, 1.165) is 14.5 Å². The van der Waals surface area contributed by atoms with Gasteiger partial charge in [0, 0.05) is 20.2 Å². The van der Waals surface area contributed by atoms with E-state index >= 15 is 0 Å². The van der Waals surface area contributed by atoms with Crippen LogP contribution in [-0.4, -0.2) is 5.91 Å². The highest BCUT2D eigenvalue weighted by Crippen LogP contribution is 2.31. The minimum Gasteiger partial charge on any atom is -0.397 e. The van der Waals surface area contributed by atoms with Crippen LogP contribution in [0.2, 0.25) is 0 Å². The van der Waals surface area contributed by atoms with Crippen LogP contribution in [0.1, 0.15) is 15.9 Å². The third kappa shape index (κ3) is 3.36. The molecule has 1 amide bonds. The lowest BCUT2D eigenvalue weighted by Gasteiger charge is -2.09. The van der Waals surface area contributed by atoms with Gasteiger partial charge in [-0.2, -0.15) is 0 Å². The fourth-order valence-electron chi connectivity index (χ4n) is 1.65. The van der Waals surface area contributed by atoms with Crippen molar-refractivity contribution in [1.29, 1.82) is 0 Å². The maximum absolute atomic E-state index is 12.1. The molecule has 0 spiro atoms. The van der Waals surface area contributed by atoms with Crippen molar-refractivity contribution in [1.82, 2.24) is 0 Å². The molecule has 0 radical (unpaired) electrons. The molecule has 0 unspecified atom stereocenters. The first-order valence-corrected chi connectivity index (χ1v) is 7.18. The summed E-state index contributed by atoms with van der Waals surface area (Å²) in [6, 6.07) is 11.0. The Hall–Kier alpha value is -1.33. The second kappa shape index (κ2) is 5.75. The summed E-state index contributed by atoms with van der Waals surface area (Å²) in [5, 5.41) is 2.84. The third-order valence-corrected chi connectivity index (χ3v) is 3.93. The van der Waals surface area contributed by atoms with Gasteiger partial charge < -0.3 is 11.1 Å². The molecular formula is C14H12Br2N2O. The zero-order valence-electron chi connectivity index (χ0n) is 10.2. The van der Waals surface area contributed by atoms with Crippen LogP contribution in [0.4, 0.5) is 11.4 Å². The van der Waals surface area contributed by atoms with Crippen LogP contribution in [0.5, 0.6) is 0 Å². The van der Waals surface area contributed by atoms with E-state index in [-0.39, 0.29) is 5.91 Å². The number of halogens is 2. The van der Waals surface area contributed by atoms with Crippen molar-refractivity contribution in [3.8, 4) is 0 Å². The van der Waals surface area contributed by atoms with Crippen LogP contribution in [0, 0.1) is 6.92 Å². The van der Waals surface area contributed by atoms with Crippen molar-refractivity contribution in [3.05, 3.63) is 56.5 Å². The molecule has 3 nitrogen and oxygen atoms in total. The van der Waals surface area contributed by atoms with E-state index in [1.807, 2.05) is 25.1 Å². The molecule has 0 atom stereocenters. The van der Waals surface area contributed by atoms with Crippen molar-refractivity contribution < 1.29 is 4.79 Å². The third-order valence-electron chi connectivity index (χ3n) is 2.62. The topological polar surface area (TPSA) is 55.1 Å². The molecule has 0 aliphatic heterocycles. The van der Waals surface area contributed by atoms with E-state index in [2.05, 4.69) is 37.2 Å². The number of amides is 1. The largest absolute Gasteiger partial charge is 0.397 e. The minimum absolute atomic E-state index is 0.146. The molecule has 2 rings (SSSR count). The van der Waals surface area contributed by atoms with Crippen LogP contribution < -0.4 is 11.1 Å². The first-order valence-electron chi connectivity index (χ1n) is 5.60. The summed E-state index contributed by atoms with van der Waals surface area (Å²) in [6.45, 7) is 1.95. The summed E-state index contributed by atoms with van der Waals surface area (Å²) in [6.07, 6.45) is 0. The molecule has 19 heavy (non-hydrogen) atoms. The van der Waals surface area contributed by atoms with Crippen molar-refractivity contribution in [3.63, 3.8) is 0 Å². The van der Waals surface area contributed by atoms with E-state index in [9.17, 15) is 4.79 Å². The predicted octanol–water partition coefficient (Wildman–Crippen LogP) is 4.35. The Morgan fingerprint density at radius 1 is 1.16 bits per heavy atom. The number of aryl methyl sites for hydroxylation is 1. The molecule has 2 aromatic rings. The van der Waals surface area contributed by atoms with Gasteiger partial charge in [0.2, 0.25) is 0 Å². The molecule has 5 heteroatoms. The van der Waals surface area contributed by atoms with Gasteiger partial charge in [-0.3, -0.25) is 4.79 Å². The van der Waals surface area contributed by atoms with Gasteiger partial charge in [0.15, 0.2) is 0 Å². The number of nitrogens with two attached hydrogens (primary N) is 1. The molecule has 2 aromatic carbocycles. The van der Waals surface area contributed by atoms with Gasteiger partial charge in [-0.05, 0) is 63.0 Å². The number of carbonyl (C=O) groups is 1. The fourth-order valence-corrected chi connectivity index (χ4v) is 2.83. The summed E-state index contributed by atoms with van der Waals surface area (Å²) < 4.78 is 1.47. The number of carbonyl (C=O) groups excluding carboxylic acids is 1. The van der Waals surface area contributed by atoms with Gasteiger partial charge in [0.1, 0.15) is 0 Å². The Bertz CT molecular complexity index is 618. The fraction of sp³-hybridized carbons (Fsp3) is 0.0714. The van der Waals surface area contributed by atoms with E-state index in [4.69, 9.17) is 5.73 Å². The summed E-state index contributed by atoms with van der Waals surface area (Å²) in [4.78, 5) is 12.1. The summed E-state index contributed by atoms with van der Waals surface area (Å²) in [7, 11) is 0. The highest BCUT2D eigenvalue weighted by atomic mass is 79.9. The van der Waals surface area contributed by atoms with Crippen LogP contribution in [-0.2, 0) is 0 Å². The number of nitrogen functional groups attached to an aromatic ring is 1. The standard InChI is InChI=1S/C14H12Br2N2O/c1-8-3-2-4-9(5-8)14(19)18-10-6-11(15)13(17)12(16)7-10/h2-7H,17H2,1H3,(H,18,19). The molecule has 0 bridgehead atoms. The maximum atomic E-state index is 12.1. The molecule has 0 fully saturated rings. The van der Waals surface area contributed by atoms with Crippen molar-refractivity contribution >= 4 is 49.1 Å². The smallest absolute Gasteiger partial charge is 0.255 e. The quantitative estimate of drug-likeness (QED) is 0.757. The second-order valence-corrected chi connectivity index (χ2v) is 5.89. The normalized spacial score (nSPS) is 10.3. The van der Waals surface area contributed by atoms with Crippen LogP contribution in [0.25, 0.3) is 0 Å². The second-order valence-electron chi connectivity index (χ2n) is 4.18. The van der Waals surface area contributed by atoms with Crippen LogP contribution in [0.15, 0.2) is 45.3 Å². The average Bonchev–Trinajstić information content (AvgIpc) is 2.36. The van der Waals surface area contributed by atoms with E-state index in [1.165, 1.54) is 0 Å². The first kappa shape index (κ1) is 14.1. The molecule has 0 saturated heterocycles. The highest BCUT2D eigenvalue weighted by molar-refractivity contribution is 9.11.